The van der Waals surface area contributed by atoms with E-state index in [4.69, 9.17) is 14.4 Å². The predicted molar refractivity (Wildman–Crippen MR) is 86.9 cm³/mol. The molecule has 2 rings (SSSR count). The number of carbonyl (C=O) groups is 2. The van der Waals surface area contributed by atoms with Crippen LogP contribution >= 0.6 is 0 Å². The normalized spacial score (nSPS) is 24.8. The second-order valence-corrected chi connectivity index (χ2v) is 6.68. The van der Waals surface area contributed by atoms with Gasteiger partial charge in [0.2, 0.25) is 0 Å². The van der Waals surface area contributed by atoms with Crippen LogP contribution in [0.1, 0.15) is 58.3 Å². The highest BCUT2D eigenvalue weighted by atomic mass is 17.2. The van der Waals surface area contributed by atoms with Crippen LogP contribution in [0.4, 0.5) is 0 Å². The van der Waals surface area contributed by atoms with E-state index in [0.717, 1.165) is 38.5 Å². The SMILES string of the molecule is C=C(C)C(=O)OOCCCCCC(=O)OCCC1CCC2OC2C1. The van der Waals surface area contributed by atoms with Crippen LogP contribution < -0.4 is 0 Å². The number of hydrogen-bond acceptors (Lipinski definition) is 6. The zero-order chi connectivity index (χ0) is 17.4. The van der Waals surface area contributed by atoms with Crippen LogP contribution in [0.3, 0.4) is 0 Å². The molecule has 6 heteroatoms. The van der Waals surface area contributed by atoms with E-state index < -0.39 is 5.97 Å². The number of rotatable bonds is 11. The van der Waals surface area contributed by atoms with E-state index in [1.54, 1.807) is 6.92 Å². The van der Waals surface area contributed by atoms with Crippen molar-refractivity contribution in [2.75, 3.05) is 13.2 Å². The molecule has 136 valence electrons. The van der Waals surface area contributed by atoms with E-state index in [0.29, 0.717) is 43.3 Å². The third-order valence-electron chi connectivity index (χ3n) is 4.49. The van der Waals surface area contributed by atoms with Gasteiger partial charge in [0.25, 0.3) is 0 Å². The molecule has 24 heavy (non-hydrogen) atoms. The number of esters is 1. The third kappa shape index (κ3) is 7.01. The fraction of sp³-hybridized carbons (Fsp3) is 0.778. The summed E-state index contributed by atoms with van der Waals surface area (Å²) in [5.41, 5.74) is 0.301. The molecule has 1 aliphatic carbocycles. The van der Waals surface area contributed by atoms with Crippen molar-refractivity contribution >= 4 is 11.9 Å². The van der Waals surface area contributed by atoms with Gasteiger partial charge in [-0.05, 0) is 51.4 Å². The molecular formula is C18H28O6. The van der Waals surface area contributed by atoms with Crippen molar-refractivity contribution in [2.45, 2.75) is 70.5 Å². The molecule has 1 saturated carbocycles. The van der Waals surface area contributed by atoms with Gasteiger partial charge in [0.1, 0.15) is 0 Å². The van der Waals surface area contributed by atoms with Crippen molar-refractivity contribution in [1.82, 2.24) is 0 Å². The van der Waals surface area contributed by atoms with Crippen molar-refractivity contribution in [1.29, 1.82) is 0 Å². The van der Waals surface area contributed by atoms with Gasteiger partial charge in [-0.25, -0.2) is 4.79 Å². The molecule has 1 aliphatic heterocycles. The van der Waals surface area contributed by atoms with Gasteiger partial charge in [-0.1, -0.05) is 13.0 Å². The number of ether oxygens (including phenoxy) is 2. The Kier molecular flexibility index (Phi) is 7.72. The molecule has 6 nitrogen and oxygen atoms in total. The zero-order valence-corrected chi connectivity index (χ0v) is 14.5. The van der Waals surface area contributed by atoms with Crippen LogP contribution in [-0.2, 0) is 28.8 Å². The van der Waals surface area contributed by atoms with Crippen molar-refractivity contribution in [3.05, 3.63) is 12.2 Å². The minimum Gasteiger partial charge on any atom is -0.466 e. The first-order valence-corrected chi connectivity index (χ1v) is 8.86. The Hall–Kier alpha value is -1.40. The fourth-order valence-electron chi connectivity index (χ4n) is 2.93. The number of epoxide rings is 1. The molecule has 0 spiro atoms. The lowest BCUT2D eigenvalue weighted by atomic mass is 9.87. The van der Waals surface area contributed by atoms with Gasteiger partial charge in [-0.2, -0.15) is 4.89 Å². The average Bonchev–Trinajstić information content (AvgIpc) is 3.32. The zero-order valence-electron chi connectivity index (χ0n) is 14.5. The maximum Gasteiger partial charge on any atom is 0.368 e. The molecule has 0 amide bonds. The Morgan fingerprint density at radius 2 is 1.96 bits per heavy atom. The van der Waals surface area contributed by atoms with Crippen molar-refractivity contribution in [3.63, 3.8) is 0 Å². The van der Waals surface area contributed by atoms with Gasteiger partial charge in [-0.15, -0.1) is 0 Å². The summed E-state index contributed by atoms with van der Waals surface area (Å²) >= 11 is 0. The Morgan fingerprint density at radius 3 is 2.71 bits per heavy atom. The summed E-state index contributed by atoms with van der Waals surface area (Å²) in [6.07, 6.45) is 8.14. The maximum absolute atomic E-state index is 11.7. The lowest BCUT2D eigenvalue weighted by Crippen LogP contribution is -2.16. The van der Waals surface area contributed by atoms with Gasteiger partial charge in [0.15, 0.2) is 0 Å². The Morgan fingerprint density at radius 1 is 1.12 bits per heavy atom. The Balaban J connectivity index is 1.37. The lowest BCUT2D eigenvalue weighted by molar-refractivity contribution is -0.268. The molecule has 0 bridgehead atoms. The van der Waals surface area contributed by atoms with E-state index in [2.05, 4.69) is 11.5 Å². The highest BCUT2D eigenvalue weighted by Gasteiger charge is 2.43. The van der Waals surface area contributed by atoms with Gasteiger partial charge in [0.05, 0.1) is 25.4 Å². The number of fused-ring (bicyclic) bond motifs is 1. The molecule has 0 aromatic carbocycles. The Bertz CT molecular complexity index is 447. The van der Waals surface area contributed by atoms with Crippen molar-refractivity contribution < 1.29 is 28.8 Å². The summed E-state index contributed by atoms with van der Waals surface area (Å²) in [5.74, 6) is -0.0538. The second-order valence-electron chi connectivity index (χ2n) is 6.68. The van der Waals surface area contributed by atoms with Crippen LogP contribution in [0.5, 0.6) is 0 Å². The molecule has 2 aliphatic rings. The molecular weight excluding hydrogens is 312 g/mol. The molecule has 1 heterocycles. The summed E-state index contributed by atoms with van der Waals surface area (Å²) < 4.78 is 10.8. The van der Waals surface area contributed by atoms with Crippen LogP contribution in [-0.4, -0.2) is 37.4 Å². The summed E-state index contributed by atoms with van der Waals surface area (Å²) in [5, 5.41) is 0. The standard InChI is InChI=1S/C18H28O6/c1-13(2)18(20)24-22-10-5-3-4-6-17(19)21-11-9-14-7-8-15-16(12-14)23-15/h14-16H,1,3-12H2,2H3. The molecule has 0 aromatic heterocycles. The molecule has 1 saturated heterocycles. The van der Waals surface area contributed by atoms with Crippen LogP contribution in [0.2, 0.25) is 0 Å². The van der Waals surface area contributed by atoms with E-state index in [9.17, 15) is 9.59 Å². The number of unbranched alkanes of at least 4 members (excludes halogenated alkanes) is 2. The van der Waals surface area contributed by atoms with Gasteiger partial charge in [-0.3, -0.25) is 9.68 Å². The first-order chi connectivity index (χ1) is 11.6. The topological polar surface area (TPSA) is 74.4 Å². The van der Waals surface area contributed by atoms with Crippen LogP contribution in [0, 0.1) is 5.92 Å². The smallest absolute Gasteiger partial charge is 0.368 e. The van der Waals surface area contributed by atoms with Crippen LogP contribution in [0.15, 0.2) is 12.2 Å². The summed E-state index contributed by atoms with van der Waals surface area (Å²) in [7, 11) is 0. The largest absolute Gasteiger partial charge is 0.466 e. The molecule has 2 fully saturated rings. The number of carbonyl (C=O) groups excluding carboxylic acids is 2. The van der Waals surface area contributed by atoms with Gasteiger partial charge >= 0.3 is 11.9 Å². The van der Waals surface area contributed by atoms with E-state index in [-0.39, 0.29) is 5.97 Å². The molecule has 0 radical (unpaired) electrons. The lowest BCUT2D eigenvalue weighted by Gasteiger charge is -2.18. The highest BCUT2D eigenvalue weighted by molar-refractivity contribution is 5.86. The highest BCUT2D eigenvalue weighted by Crippen LogP contribution is 2.40. The summed E-state index contributed by atoms with van der Waals surface area (Å²) in [6, 6.07) is 0. The minimum atomic E-state index is -0.555. The molecule has 0 N–H and O–H groups in total. The van der Waals surface area contributed by atoms with E-state index in [1.165, 1.54) is 6.42 Å². The van der Waals surface area contributed by atoms with Gasteiger partial charge in [0, 0.05) is 12.0 Å². The predicted octanol–water partition coefficient (Wildman–Crippen LogP) is 3.10. The second kappa shape index (κ2) is 9.79. The first kappa shape index (κ1) is 18.9. The van der Waals surface area contributed by atoms with Crippen molar-refractivity contribution in [2.24, 2.45) is 5.92 Å². The molecule has 0 aromatic rings. The average molecular weight is 340 g/mol. The van der Waals surface area contributed by atoms with E-state index >= 15 is 0 Å². The number of hydrogen-bond donors (Lipinski definition) is 0. The minimum absolute atomic E-state index is 0.138. The van der Waals surface area contributed by atoms with E-state index in [1.807, 2.05) is 0 Å². The molecule has 3 unspecified atom stereocenters. The van der Waals surface area contributed by atoms with Crippen molar-refractivity contribution in [3.8, 4) is 0 Å². The van der Waals surface area contributed by atoms with Gasteiger partial charge < -0.3 is 9.47 Å². The first-order valence-electron chi connectivity index (χ1n) is 8.86. The summed E-state index contributed by atoms with van der Waals surface area (Å²) in [6.45, 7) is 5.84. The maximum atomic E-state index is 11.7. The fourth-order valence-corrected chi connectivity index (χ4v) is 2.93. The summed E-state index contributed by atoms with van der Waals surface area (Å²) in [4.78, 5) is 32.0. The van der Waals surface area contributed by atoms with Crippen LogP contribution in [0.25, 0.3) is 0 Å². The molecule has 3 atom stereocenters. The monoisotopic (exact) mass is 340 g/mol. The third-order valence-corrected chi connectivity index (χ3v) is 4.49. The Labute approximate surface area is 143 Å². The quantitative estimate of drug-likeness (QED) is 0.144.